The van der Waals surface area contributed by atoms with Crippen molar-refractivity contribution in [2.75, 3.05) is 11.9 Å². The molecule has 7 heteroatoms. The molecule has 0 unspecified atom stereocenters. The fourth-order valence-corrected chi connectivity index (χ4v) is 2.11. The molecule has 5 nitrogen and oxygen atoms in total. The Kier molecular flexibility index (Phi) is 6.68. The summed E-state index contributed by atoms with van der Waals surface area (Å²) >= 11 is 0. The lowest BCUT2D eigenvalue weighted by Crippen LogP contribution is -2.13. The summed E-state index contributed by atoms with van der Waals surface area (Å²) in [5.41, 5.74) is 0.850. The van der Waals surface area contributed by atoms with Crippen molar-refractivity contribution in [2.45, 2.75) is 13.5 Å². The van der Waals surface area contributed by atoms with Crippen LogP contribution >= 0.6 is 0 Å². The number of anilines is 1. The van der Waals surface area contributed by atoms with E-state index in [4.69, 9.17) is 4.74 Å². The van der Waals surface area contributed by atoms with Crippen LogP contribution in [0.2, 0.25) is 0 Å². The molecule has 2 aromatic rings. The van der Waals surface area contributed by atoms with Gasteiger partial charge < -0.3 is 14.8 Å². The van der Waals surface area contributed by atoms with Crippen molar-refractivity contribution in [3.63, 3.8) is 0 Å². The molecule has 0 aliphatic heterocycles. The molecular weight excluding hydrogens is 342 g/mol. The van der Waals surface area contributed by atoms with E-state index in [0.717, 1.165) is 0 Å². The maximum atomic E-state index is 12.4. The Labute approximate surface area is 149 Å². The van der Waals surface area contributed by atoms with Crippen LogP contribution in [0, 0.1) is 11.3 Å². The number of nitriles is 1. The Hall–Kier alpha value is -3.40. The van der Waals surface area contributed by atoms with Gasteiger partial charge in [0.2, 0.25) is 0 Å². The lowest BCUT2D eigenvalue weighted by atomic mass is 10.1. The first kappa shape index (κ1) is 18.9. The third-order valence-corrected chi connectivity index (χ3v) is 3.19. The summed E-state index contributed by atoms with van der Waals surface area (Å²) in [4.78, 5) is 12.2. The highest BCUT2D eigenvalue weighted by Crippen LogP contribution is 2.30. The number of carbonyl (C=O) groups is 1. The van der Waals surface area contributed by atoms with E-state index in [0.29, 0.717) is 11.3 Å². The van der Waals surface area contributed by atoms with Crippen LogP contribution in [0.15, 0.2) is 54.1 Å². The molecule has 26 heavy (non-hydrogen) atoms. The second-order valence-electron chi connectivity index (χ2n) is 5.01. The van der Waals surface area contributed by atoms with Crippen molar-refractivity contribution >= 4 is 17.7 Å². The SMILES string of the molecule is CCOc1cc(/C=C(\C#N)C(=O)Nc2ccccc2)ccc1OC(F)F. The van der Waals surface area contributed by atoms with Gasteiger partial charge in [0.15, 0.2) is 11.5 Å². The van der Waals surface area contributed by atoms with Crippen LogP contribution in [0.5, 0.6) is 11.5 Å². The third-order valence-electron chi connectivity index (χ3n) is 3.19. The van der Waals surface area contributed by atoms with Crippen LogP contribution in [-0.4, -0.2) is 19.1 Å². The third kappa shape index (κ3) is 5.31. The van der Waals surface area contributed by atoms with E-state index in [9.17, 15) is 18.8 Å². The van der Waals surface area contributed by atoms with Crippen LogP contribution in [0.3, 0.4) is 0 Å². The number of halogens is 2. The number of hydrogen-bond acceptors (Lipinski definition) is 4. The minimum Gasteiger partial charge on any atom is -0.490 e. The van der Waals surface area contributed by atoms with Crippen LogP contribution in [0.1, 0.15) is 12.5 Å². The Morgan fingerprint density at radius 2 is 1.96 bits per heavy atom. The molecular formula is C19H16F2N2O3. The first-order chi connectivity index (χ1) is 12.5. The standard InChI is InChI=1S/C19H16F2N2O3/c1-2-25-17-11-13(8-9-16(17)26-19(20)21)10-14(12-22)18(24)23-15-6-4-3-5-7-15/h3-11,19H,2H2,1H3,(H,23,24)/b14-10+. The topological polar surface area (TPSA) is 71.3 Å². The molecule has 0 aliphatic carbocycles. The molecule has 1 amide bonds. The van der Waals surface area contributed by atoms with Gasteiger partial charge in [-0.3, -0.25) is 4.79 Å². The summed E-state index contributed by atoms with van der Waals surface area (Å²) in [6.45, 7) is -1.04. The number of hydrogen-bond donors (Lipinski definition) is 1. The van der Waals surface area contributed by atoms with E-state index < -0.39 is 12.5 Å². The number of nitrogens with zero attached hydrogens (tertiary/aromatic N) is 1. The smallest absolute Gasteiger partial charge is 0.387 e. The molecule has 0 atom stereocenters. The molecule has 0 heterocycles. The number of ether oxygens (including phenoxy) is 2. The molecule has 2 rings (SSSR count). The van der Waals surface area contributed by atoms with Gasteiger partial charge in [-0.15, -0.1) is 0 Å². The Bertz CT molecular complexity index is 830. The molecule has 2 aromatic carbocycles. The second-order valence-corrected chi connectivity index (χ2v) is 5.01. The van der Waals surface area contributed by atoms with Gasteiger partial charge >= 0.3 is 6.61 Å². The lowest BCUT2D eigenvalue weighted by molar-refractivity contribution is -0.112. The van der Waals surface area contributed by atoms with E-state index in [1.54, 1.807) is 37.3 Å². The largest absolute Gasteiger partial charge is 0.490 e. The maximum absolute atomic E-state index is 12.4. The molecule has 0 spiro atoms. The van der Waals surface area contributed by atoms with Crippen molar-refractivity contribution in [3.05, 3.63) is 59.7 Å². The minimum absolute atomic E-state index is 0.0994. The lowest BCUT2D eigenvalue weighted by Gasteiger charge is -2.12. The zero-order chi connectivity index (χ0) is 18.9. The molecule has 1 N–H and O–H groups in total. The predicted octanol–water partition coefficient (Wildman–Crippen LogP) is 4.23. The monoisotopic (exact) mass is 358 g/mol. The zero-order valence-electron chi connectivity index (χ0n) is 13.9. The average Bonchev–Trinajstić information content (AvgIpc) is 2.62. The number of rotatable bonds is 7. The van der Waals surface area contributed by atoms with Gasteiger partial charge in [0.1, 0.15) is 11.6 Å². The molecule has 0 bridgehead atoms. The molecule has 0 radical (unpaired) electrons. The summed E-state index contributed by atoms with van der Waals surface area (Å²) in [5, 5.41) is 11.9. The maximum Gasteiger partial charge on any atom is 0.387 e. The second kappa shape index (κ2) is 9.18. The number of para-hydroxylation sites is 1. The molecule has 0 saturated carbocycles. The molecule has 0 saturated heterocycles. The van der Waals surface area contributed by atoms with Gasteiger partial charge in [0.05, 0.1) is 6.61 Å². The van der Waals surface area contributed by atoms with Crippen LogP contribution in [-0.2, 0) is 4.79 Å². The van der Waals surface area contributed by atoms with Crippen molar-refractivity contribution in [1.29, 1.82) is 5.26 Å². The van der Waals surface area contributed by atoms with E-state index in [1.165, 1.54) is 24.3 Å². The van der Waals surface area contributed by atoms with Gasteiger partial charge in [-0.05, 0) is 42.8 Å². The van der Waals surface area contributed by atoms with Gasteiger partial charge in [-0.2, -0.15) is 14.0 Å². The summed E-state index contributed by atoms with van der Waals surface area (Å²) in [5.74, 6) is -0.599. The van der Waals surface area contributed by atoms with Gasteiger partial charge in [-0.1, -0.05) is 24.3 Å². The summed E-state index contributed by atoms with van der Waals surface area (Å²) < 4.78 is 34.5. The fraction of sp³-hybridized carbons (Fsp3) is 0.158. The van der Waals surface area contributed by atoms with Gasteiger partial charge in [0.25, 0.3) is 5.91 Å². The van der Waals surface area contributed by atoms with Gasteiger partial charge in [-0.25, -0.2) is 0 Å². The highest BCUT2D eigenvalue weighted by Gasteiger charge is 2.13. The Morgan fingerprint density at radius 1 is 1.23 bits per heavy atom. The van der Waals surface area contributed by atoms with E-state index in [1.807, 2.05) is 6.07 Å². The quantitative estimate of drug-likeness (QED) is 0.594. The van der Waals surface area contributed by atoms with E-state index in [2.05, 4.69) is 10.1 Å². The van der Waals surface area contributed by atoms with Crippen LogP contribution in [0.25, 0.3) is 6.08 Å². The molecule has 0 fully saturated rings. The normalized spacial score (nSPS) is 11.0. The predicted molar refractivity (Wildman–Crippen MR) is 92.9 cm³/mol. The summed E-state index contributed by atoms with van der Waals surface area (Å²) in [6.07, 6.45) is 1.34. The number of alkyl halides is 2. The van der Waals surface area contributed by atoms with Crippen molar-refractivity contribution < 1.29 is 23.0 Å². The van der Waals surface area contributed by atoms with E-state index >= 15 is 0 Å². The summed E-state index contributed by atoms with van der Waals surface area (Å²) in [6, 6.07) is 14.7. The Morgan fingerprint density at radius 3 is 2.58 bits per heavy atom. The number of carbonyl (C=O) groups excluding carboxylic acids is 1. The minimum atomic E-state index is -2.98. The van der Waals surface area contributed by atoms with Gasteiger partial charge in [0, 0.05) is 5.69 Å². The fourth-order valence-electron chi connectivity index (χ4n) is 2.11. The van der Waals surface area contributed by atoms with E-state index in [-0.39, 0.29) is 23.7 Å². The highest BCUT2D eigenvalue weighted by molar-refractivity contribution is 6.09. The van der Waals surface area contributed by atoms with Crippen LogP contribution < -0.4 is 14.8 Å². The number of amides is 1. The number of nitrogens with one attached hydrogen (secondary N) is 1. The average molecular weight is 358 g/mol. The van der Waals surface area contributed by atoms with Crippen molar-refractivity contribution in [3.8, 4) is 17.6 Å². The molecule has 0 aromatic heterocycles. The summed E-state index contributed by atoms with van der Waals surface area (Å²) in [7, 11) is 0. The Balaban J connectivity index is 2.26. The number of benzene rings is 2. The first-order valence-electron chi connectivity index (χ1n) is 7.73. The highest BCUT2D eigenvalue weighted by atomic mass is 19.3. The van der Waals surface area contributed by atoms with Crippen LogP contribution in [0.4, 0.5) is 14.5 Å². The zero-order valence-corrected chi connectivity index (χ0v) is 13.9. The molecule has 134 valence electrons. The first-order valence-corrected chi connectivity index (χ1v) is 7.73. The molecule has 0 aliphatic rings. The van der Waals surface area contributed by atoms with Crippen molar-refractivity contribution in [2.24, 2.45) is 0 Å². The van der Waals surface area contributed by atoms with Crippen molar-refractivity contribution in [1.82, 2.24) is 0 Å².